The average molecular weight is 469 g/mol. The van der Waals surface area contributed by atoms with Crippen LogP contribution in [0.1, 0.15) is 46.5 Å². The fourth-order valence-electron chi connectivity index (χ4n) is 5.16. The quantitative estimate of drug-likeness (QED) is 0.693. The van der Waals surface area contributed by atoms with Crippen molar-refractivity contribution in [3.63, 3.8) is 0 Å². The molecular formula is C25H38F2N2O4. The van der Waals surface area contributed by atoms with Gasteiger partial charge in [0.2, 0.25) is 5.91 Å². The second kappa shape index (κ2) is 10.7. The number of carbonyl (C=O) groups excluding carboxylic acids is 1. The molecule has 1 amide bonds. The van der Waals surface area contributed by atoms with E-state index in [1.165, 1.54) is 7.11 Å². The number of halogens is 2. The van der Waals surface area contributed by atoms with Crippen LogP contribution >= 0.6 is 0 Å². The summed E-state index contributed by atoms with van der Waals surface area (Å²) in [5, 5.41) is 11.5. The van der Waals surface area contributed by atoms with Gasteiger partial charge in [0.1, 0.15) is 36.2 Å². The third kappa shape index (κ3) is 7.11. The normalized spacial score (nSPS) is 27.3. The summed E-state index contributed by atoms with van der Waals surface area (Å²) < 4.78 is 37.8. The van der Waals surface area contributed by atoms with Crippen LogP contribution in [-0.2, 0) is 9.53 Å². The van der Waals surface area contributed by atoms with E-state index in [1.807, 2.05) is 0 Å². The number of nitrogens with zero attached hydrogens (tertiary/aromatic N) is 2. The van der Waals surface area contributed by atoms with Crippen LogP contribution in [0.25, 0.3) is 0 Å². The molecule has 1 aromatic rings. The number of rotatable bonds is 6. The SMILES string of the molecule is COCC(=O)N1CCN(C2CCC(C(C)(C)C)CC2)C[C@@](O)(COc2cc(F)cc(F)c2)C1. The van der Waals surface area contributed by atoms with Crippen LogP contribution in [0.15, 0.2) is 18.2 Å². The topological polar surface area (TPSA) is 62.2 Å². The van der Waals surface area contributed by atoms with Crippen LogP contribution in [0.3, 0.4) is 0 Å². The largest absolute Gasteiger partial charge is 0.490 e. The molecule has 1 saturated heterocycles. The van der Waals surface area contributed by atoms with Gasteiger partial charge in [-0.1, -0.05) is 20.8 Å². The van der Waals surface area contributed by atoms with Crippen molar-refractivity contribution in [3.8, 4) is 5.75 Å². The highest BCUT2D eigenvalue weighted by Crippen LogP contribution is 2.39. The van der Waals surface area contributed by atoms with Gasteiger partial charge in [0.15, 0.2) is 0 Å². The Morgan fingerprint density at radius 3 is 2.30 bits per heavy atom. The molecule has 1 aliphatic heterocycles. The highest BCUT2D eigenvalue weighted by Gasteiger charge is 2.41. The molecule has 0 unspecified atom stereocenters. The minimum absolute atomic E-state index is 0.0113. The van der Waals surface area contributed by atoms with Crippen LogP contribution in [0, 0.1) is 23.0 Å². The first-order valence-electron chi connectivity index (χ1n) is 11.8. The summed E-state index contributed by atoms with van der Waals surface area (Å²) in [5.74, 6) is -1.01. The zero-order chi connectivity index (χ0) is 24.2. The van der Waals surface area contributed by atoms with E-state index in [0.717, 1.165) is 43.9 Å². The van der Waals surface area contributed by atoms with E-state index in [-0.39, 0.29) is 36.8 Å². The summed E-state index contributed by atoms with van der Waals surface area (Å²) >= 11 is 0. The van der Waals surface area contributed by atoms with Crippen LogP contribution in [-0.4, -0.2) is 79.0 Å². The highest BCUT2D eigenvalue weighted by molar-refractivity contribution is 5.77. The van der Waals surface area contributed by atoms with Crippen molar-refractivity contribution >= 4 is 5.91 Å². The van der Waals surface area contributed by atoms with Crippen molar-refractivity contribution in [2.24, 2.45) is 11.3 Å². The molecule has 6 nitrogen and oxygen atoms in total. The fraction of sp³-hybridized carbons (Fsp3) is 0.720. The predicted molar refractivity (Wildman–Crippen MR) is 122 cm³/mol. The molecule has 0 aromatic heterocycles. The Kier molecular flexibility index (Phi) is 8.35. The molecular weight excluding hydrogens is 430 g/mol. The average Bonchev–Trinajstić information content (AvgIpc) is 2.91. The Morgan fingerprint density at radius 1 is 1.09 bits per heavy atom. The van der Waals surface area contributed by atoms with Crippen molar-refractivity contribution < 1.29 is 28.2 Å². The molecule has 8 heteroatoms. The minimum atomic E-state index is -1.39. The number of β-amino-alcohol motifs (C(OH)–C–C–N with tert-alkyl or cyclic N) is 1. The predicted octanol–water partition coefficient (Wildman–Crippen LogP) is 3.47. The first-order chi connectivity index (χ1) is 15.5. The third-order valence-corrected chi connectivity index (χ3v) is 7.04. The van der Waals surface area contributed by atoms with Gasteiger partial charge in [0.25, 0.3) is 0 Å². The fourth-order valence-corrected chi connectivity index (χ4v) is 5.16. The van der Waals surface area contributed by atoms with Gasteiger partial charge >= 0.3 is 0 Å². The molecule has 2 fully saturated rings. The number of benzene rings is 1. The van der Waals surface area contributed by atoms with Gasteiger partial charge in [-0.25, -0.2) is 8.78 Å². The second-order valence-electron chi connectivity index (χ2n) is 10.7. The van der Waals surface area contributed by atoms with Gasteiger partial charge < -0.3 is 19.5 Å². The molecule has 1 saturated carbocycles. The molecule has 0 bridgehead atoms. The van der Waals surface area contributed by atoms with Crippen molar-refractivity contribution in [1.29, 1.82) is 0 Å². The Morgan fingerprint density at radius 2 is 1.73 bits per heavy atom. The number of hydrogen-bond donors (Lipinski definition) is 1. The molecule has 33 heavy (non-hydrogen) atoms. The molecule has 1 aromatic carbocycles. The number of carbonyl (C=O) groups is 1. The zero-order valence-electron chi connectivity index (χ0n) is 20.3. The molecule has 2 aliphatic rings. The van der Waals surface area contributed by atoms with Gasteiger partial charge in [-0.15, -0.1) is 0 Å². The summed E-state index contributed by atoms with van der Waals surface area (Å²) in [6.07, 6.45) is 4.35. The summed E-state index contributed by atoms with van der Waals surface area (Å²) in [5.41, 5.74) is -1.11. The first kappa shape index (κ1) is 25.8. The maximum absolute atomic E-state index is 13.6. The monoisotopic (exact) mass is 468 g/mol. The number of amides is 1. The Hall–Kier alpha value is -1.77. The number of methoxy groups -OCH3 is 1. The van der Waals surface area contributed by atoms with Crippen LogP contribution in [0.4, 0.5) is 8.78 Å². The summed E-state index contributed by atoms with van der Waals surface area (Å²) in [7, 11) is 1.46. The van der Waals surface area contributed by atoms with E-state index < -0.39 is 17.2 Å². The molecule has 1 heterocycles. The molecule has 1 aliphatic carbocycles. The second-order valence-corrected chi connectivity index (χ2v) is 10.7. The van der Waals surface area contributed by atoms with Gasteiger partial charge in [-0.2, -0.15) is 0 Å². The maximum atomic E-state index is 13.6. The van der Waals surface area contributed by atoms with Gasteiger partial charge in [-0.05, 0) is 37.0 Å². The maximum Gasteiger partial charge on any atom is 0.248 e. The molecule has 3 rings (SSSR count). The molecule has 1 N–H and O–H groups in total. The lowest BCUT2D eigenvalue weighted by atomic mass is 9.71. The van der Waals surface area contributed by atoms with Gasteiger partial charge in [0, 0.05) is 51.0 Å². The van der Waals surface area contributed by atoms with Crippen molar-refractivity contribution in [3.05, 3.63) is 29.8 Å². The van der Waals surface area contributed by atoms with E-state index in [1.54, 1.807) is 4.90 Å². The standard InChI is InChI=1S/C25H38F2N2O4/c1-24(2,3)18-5-7-21(8-6-18)28-9-10-29(23(30)14-32-4)16-25(31,15-28)17-33-22-12-19(26)11-20(27)13-22/h11-13,18,21,31H,5-10,14-17H2,1-4H3/t18?,21?,25-/m0/s1. The van der Waals surface area contributed by atoms with Crippen molar-refractivity contribution in [1.82, 2.24) is 9.80 Å². The van der Waals surface area contributed by atoms with E-state index >= 15 is 0 Å². The first-order valence-corrected chi connectivity index (χ1v) is 11.8. The lowest BCUT2D eigenvalue weighted by Crippen LogP contribution is -2.54. The molecule has 0 radical (unpaired) electrons. The van der Waals surface area contributed by atoms with Crippen molar-refractivity contribution in [2.75, 3.05) is 46.5 Å². The number of ether oxygens (including phenoxy) is 2. The smallest absolute Gasteiger partial charge is 0.248 e. The van der Waals surface area contributed by atoms with E-state index in [0.29, 0.717) is 31.6 Å². The van der Waals surface area contributed by atoms with E-state index in [4.69, 9.17) is 9.47 Å². The molecule has 186 valence electrons. The Labute approximate surface area is 195 Å². The van der Waals surface area contributed by atoms with E-state index in [9.17, 15) is 18.7 Å². The summed E-state index contributed by atoms with van der Waals surface area (Å²) in [6, 6.07) is 3.26. The minimum Gasteiger partial charge on any atom is -0.490 e. The van der Waals surface area contributed by atoms with Crippen molar-refractivity contribution in [2.45, 2.75) is 58.1 Å². The van der Waals surface area contributed by atoms with Gasteiger partial charge in [-0.3, -0.25) is 9.69 Å². The lowest BCUT2D eigenvalue weighted by molar-refractivity contribution is -0.138. The Balaban J connectivity index is 1.73. The van der Waals surface area contributed by atoms with Crippen LogP contribution < -0.4 is 4.74 Å². The third-order valence-electron chi connectivity index (χ3n) is 7.04. The molecule has 1 atom stereocenters. The lowest BCUT2D eigenvalue weighted by Gasteiger charge is -2.42. The Bertz CT molecular complexity index is 788. The number of aliphatic hydroxyl groups is 1. The highest BCUT2D eigenvalue weighted by atomic mass is 19.1. The zero-order valence-corrected chi connectivity index (χ0v) is 20.3. The van der Waals surface area contributed by atoms with Crippen LogP contribution in [0.2, 0.25) is 0 Å². The van der Waals surface area contributed by atoms with Crippen LogP contribution in [0.5, 0.6) is 5.75 Å². The summed E-state index contributed by atoms with van der Waals surface area (Å²) in [6.45, 7) is 8.14. The molecule has 0 spiro atoms. The number of hydrogen-bond acceptors (Lipinski definition) is 5. The van der Waals surface area contributed by atoms with E-state index in [2.05, 4.69) is 25.7 Å². The summed E-state index contributed by atoms with van der Waals surface area (Å²) in [4.78, 5) is 16.4. The van der Waals surface area contributed by atoms with Gasteiger partial charge in [0.05, 0.1) is 6.54 Å².